The zero-order valence-corrected chi connectivity index (χ0v) is 16.1. The minimum Gasteiger partial charge on any atom is -0.495 e. The lowest BCUT2D eigenvalue weighted by Crippen LogP contribution is -2.35. The molecule has 6 nitrogen and oxygen atoms in total. The summed E-state index contributed by atoms with van der Waals surface area (Å²) < 4.78 is 5.26. The van der Waals surface area contributed by atoms with Crippen LogP contribution in [0.15, 0.2) is 66.9 Å². The summed E-state index contributed by atoms with van der Waals surface area (Å²) in [5.74, 6) is 0.0205. The molecule has 2 heterocycles. The lowest BCUT2D eigenvalue weighted by Gasteiger charge is -2.29. The van der Waals surface area contributed by atoms with Crippen molar-refractivity contribution in [1.29, 1.82) is 0 Å². The number of carbonyl (C=O) groups is 2. The number of methoxy groups -OCH3 is 1. The fraction of sp³-hybridized carbons (Fsp3) is 0.174. The Labute approximate surface area is 169 Å². The number of rotatable bonds is 4. The van der Waals surface area contributed by atoms with E-state index in [4.69, 9.17) is 4.74 Å². The number of aryl methyl sites for hydroxylation is 1. The Morgan fingerprint density at radius 2 is 1.86 bits per heavy atom. The standard InChI is InChI=1S/C23H21N3O3/c1-29-21-11-5-3-9-18(21)25-22(27)19-15-17(12-13-24-19)23(28)26-14-6-8-16-7-2-4-10-20(16)26/h2-5,7,9-13,15H,6,8,14H2,1H3,(H,25,27). The van der Waals surface area contributed by atoms with E-state index in [1.165, 1.54) is 12.3 Å². The van der Waals surface area contributed by atoms with Crippen LogP contribution < -0.4 is 15.0 Å². The lowest BCUT2D eigenvalue weighted by atomic mass is 10.0. The fourth-order valence-electron chi connectivity index (χ4n) is 3.52. The third-order valence-corrected chi connectivity index (χ3v) is 4.95. The molecule has 0 fully saturated rings. The predicted molar refractivity (Wildman–Crippen MR) is 112 cm³/mol. The van der Waals surface area contributed by atoms with Gasteiger partial charge in [-0.15, -0.1) is 0 Å². The fourth-order valence-corrected chi connectivity index (χ4v) is 3.52. The zero-order chi connectivity index (χ0) is 20.2. The summed E-state index contributed by atoms with van der Waals surface area (Å²) in [6, 6.07) is 18.2. The van der Waals surface area contributed by atoms with Gasteiger partial charge in [0.2, 0.25) is 0 Å². The van der Waals surface area contributed by atoms with Crippen molar-refractivity contribution in [3.05, 3.63) is 83.7 Å². The van der Waals surface area contributed by atoms with Gasteiger partial charge < -0.3 is 15.0 Å². The van der Waals surface area contributed by atoms with Gasteiger partial charge in [-0.1, -0.05) is 30.3 Å². The highest BCUT2D eigenvalue weighted by Gasteiger charge is 2.24. The van der Waals surface area contributed by atoms with Gasteiger partial charge in [-0.2, -0.15) is 0 Å². The Morgan fingerprint density at radius 3 is 2.72 bits per heavy atom. The minimum atomic E-state index is -0.400. The molecule has 2 aromatic carbocycles. The van der Waals surface area contributed by atoms with Gasteiger partial charge in [0.05, 0.1) is 12.8 Å². The molecular weight excluding hydrogens is 366 g/mol. The van der Waals surface area contributed by atoms with Crippen molar-refractivity contribution in [3.8, 4) is 5.75 Å². The smallest absolute Gasteiger partial charge is 0.274 e. The maximum atomic E-state index is 13.1. The topological polar surface area (TPSA) is 71.5 Å². The highest BCUT2D eigenvalue weighted by molar-refractivity contribution is 6.09. The molecule has 1 aliphatic rings. The third kappa shape index (κ3) is 3.82. The molecular formula is C23H21N3O3. The van der Waals surface area contributed by atoms with Crippen LogP contribution in [0, 0.1) is 0 Å². The largest absolute Gasteiger partial charge is 0.495 e. The van der Waals surface area contributed by atoms with Crippen LogP contribution in [0.5, 0.6) is 5.75 Å². The number of carbonyl (C=O) groups excluding carboxylic acids is 2. The van der Waals surface area contributed by atoms with E-state index in [0.29, 0.717) is 23.5 Å². The van der Waals surface area contributed by atoms with E-state index < -0.39 is 5.91 Å². The number of nitrogens with one attached hydrogen (secondary N) is 1. The molecule has 0 unspecified atom stereocenters. The Hall–Kier alpha value is -3.67. The van der Waals surface area contributed by atoms with Crippen LogP contribution in [-0.4, -0.2) is 30.5 Å². The number of benzene rings is 2. The van der Waals surface area contributed by atoms with Crippen LogP contribution in [0.1, 0.15) is 32.8 Å². The average molecular weight is 387 g/mol. The minimum absolute atomic E-state index is 0.133. The molecule has 146 valence electrons. The monoisotopic (exact) mass is 387 g/mol. The number of anilines is 2. The van der Waals surface area contributed by atoms with Crippen molar-refractivity contribution in [2.24, 2.45) is 0 Å². The lowest BCUT2D eigenvalue weighted by molar-refractivity contribution is 0.0985. The molecule has 0 saturated carbocycles. The van der Waals surface area contributed by atoms with Crippen LogP contribution in [0.2, 0.25) is 0 Å². The van der Waals surface area contributed by atoms with Gasteiger partial charge >= 0.3 is 0 Å². The second-order valence-electron chi connectivity index (χ2n) is 6.77. The van der Waals surface area contributed by atoms with Gasteiger partial charge in [0.25, 0.3) is 11.8 Å². The first-order valence-electron chi connectivity index (χ1n) is 9.47. The second kappa shape index (κ2) is 8.14. The van der Waals surface area contributed by atoms with Crippen molar-refractivity contribution in [3.63, 3.8) is 0 Å². The molecule has 6 heteroatoms. The number of pyridine rings is 1. The average Bonchev–Trinajstić information content (AvgIpc) is 2.78. The maximum Gasteiger partial charge on any atom is 0.274 e. The summed E-state index contributed by atoms with van der Waals surface area (Å²) in [5.41, 5.74) is 3.24. The highest BCUT2D eigenvalue weighted by atomic mass is 16.5. The van der Waals surface area contributed by atoms with E-state index in [-0.39, 0.29) is 11.6 Å². The van der Waals surface area contributed by atoms with Crippen molar-refractivity contribution in [2.45, 2.75) is 12.8 Å². The normalized spacial score (nSPS) is 12.8. The summed E-state index contributed by atoms with van der Waals surface area (Å²) in [4.78, 5) is 31.7. The SMILES string of the molecule is COc1ccccc1NC(=O)c1cc(C(=O)N2CCCc3ccccc32)ccn1. The molecule has 0 saturated heterocycles. The number of fused-ring (bicyclic) bond motifs is 1. The van der Waals surface area contributed by atoms with E-state index in [0.717, 1.165) is 24.1 Å². The van der Waals surface area contributed by atoms with Gasteiger partial charge in [0, 0.05) is 24.0 Å². The first kappa shape index (κ1) is 18.7. The first-order valence-corrected chi connectivity index (χ1v) is 9.47. The number of hydrogen-bond acceptors (Lipinski definition) is 4. The molecule has 1 aromatic heterocycles. The Kier molecular flexibility index (Phi) is 5.24. The maximum absolute atomic E-state index is 13.1. The number of nitrogens with zero attached hydrogens (tertiary/aromatic N) is 2. The van der Waals surface area contributed by atoms with Gasteiger partial charge in [-0.3, -0.25) is 14.6 Å². The first-order chi connectivity index (χ1) is 14.2. The van der Waals surface area contributed by atoms with E-state index in [1.807, 2.05) is 30.3 Å². The van der Waals surface area contributed by atoms with E-state index in [2.05, 4.69) is 10.3 Å². The molecule has 0 bridgehead atoms. The van der Waals surface area contributed by atoms with Crippen LogP contribution in [0.4, 0.5) is 11.4 Å². The van der Waals surface area contributed by atoms with E-state index >= 15 is 0 Å². The number of amides is 2. The van der Waals surface area contributed by atoms with Crippen LogP contribution in [-0.2, 0) is 6.42 Å². The van der Waals surface area contributed by atoms with Crippen molar-refractivity contribution in [2.75, 3.05) is 23.9 Å². The predicted octanol–water partition coefficient (Wildman–Crippen LogP) is 3.94. The molecule has 0 atom stereocenters. The molecule has 2 amide bonds. The summed E-state index contributed by atoms with van der Waals surface area (Å²) >= 11 is 0. The number of hydrogen-bond donors (Lipinski definition) is 1. The van der Waals surface area contributed by atoms with Crippen molar-refractivity contribution >= 4 is 23.2 Å². The number of aromatic nitrogens is 1. The Morgan fingerprint density at radius 1 is 1.07 bits per heavy atom. The van der Waals surface area contributed by atoms with Gasteiger partial charge in [0.1, 0.15) is 11.4 Å². The number of ether oxygens (including phenoxy) is 1. The zero-order valence-electron chi connectivity index (χ0n) is 16.1. The van der Waals surface area contributed by atoms with Gasteiger partial charge in [-0.05, 0) is 48.7 Å². The Bertz CT molecular complexity index is 1060. The highest BCUT2D eigenvalue weighted by Crippen LogP contribution is 2.28. The van der Waals surface area contributed by atoms with Crippen molar-refractivity contribution < 1.29 is 14.3 Å². The third-order valence-electron chi connectivity index (χ3n) is 4.95. The number of para-hydroxylation sites is 3. The molecule has 0 aliphatic carbocycles. The van der Waals surface area contributed by atoms with E-state index in [9.17, 15) is 9.59 Å². The van der Waals surface area contributed by atoms with Crippen LogP contribution >= 0.6 is 0 Å². The van der Waals surface area contributed by atoms with Crippen molar-refractivity contribution in [1.82, 2.24) is 4.98 Å². The molecule has 1 aliphatic heterocycles. The molecule has 4 rings (SSSR count). The van der Waals surface area contributed by atoms with E-state index in [1.54, 1.807) is 36.3 Å². The summed E-state index contributed by atoms with van der Waals surface area (Å²) in [7, 11) is 1.54. The van der Waals surface area contributed by atoms with Crippen LogP contribution in [0.3, 0.4) is 0 Å². The Balaban J connectivity index is 1.58. The molecule has 29 heavy (non-hydrogen) atoms. The molecule has 0 radical (unpaired) electrons. The molecule has 1 N–H and O–H groups in total. The quantitative estimate of drug-likeness (QED) is 0.736. The van der Waals surface area contributed by atoms with Gasteiger partial charge in [-0.25, -0.2) is 0 Å². The summed E-state index contributed by atoms with van der Waals surface area (Å²) in [6.07, 6.45) is 3.36. The van der Waals surface area contributed by atoms with Gasteiger partial charge in [0.15, 0.2) is 0 Å². The van der Waals surface area contributed by atoms with Crippen LogP contribution in [0.25, 0.3) is 0 Å². The molecule has 3 aromatic rings. The summed E-state index contributed by atoms with van der Waals surface area (Å²) in [6.45, 7) is 0.654. The second-order valence-corrected chi connectivity index (χ2v) is 6.77. The summed E-state index contributed by atoms with van der Waals surface area (Å²) in [5, 5.41) is 2.79. The molecule has 0 spiro atoms.